The van der Waals surface area contributed by atoms with Gasteiger partial charge in [-0.05, 0) is 29.8 Å². The van der Waals surface area contributed by atoms with E-state index in [2.05, 4.69) is 20.4 Å². The summed E-state index contributed by atoms with van der Waals surface area (Å²) in [6.07, 6.45) is 1.61. The third-order valence-electron chi connectivity index (χ3n) is 5.23. The lowest BCUT2D eigenvalue weighted by molar-refractivity contribution is 0.00419. The van der Waals surface area contributed by atoms with Crippen LogP contribution in [0.4, 0.5) is 4.39 Å². The molecule has 3 rings (SSSR count). The van der Waals surface area contributed by atoms with Gasteiger partial charge in [0.2, 0.25) is 0 Å². The summed E-state index contributed by atoms with van der Waals surface area (Å²) in [6, 6.07) is 10.7. The van der Waals surface area contributed by atoms with Gasteiger partial charge < -0.3 is 19.1 Å². The van der Waals surface area contributed by atoms with Crippen LogP contribution in [-0.4, -0.2) is 85.2 Å². The summed E-state index contributed by atoms with van der Waals surface area (Å²) in [4.78, 5) is 4.48. The first-order valence-corrected chi connectivity index (χ1v) is 10.2. The number of ether oxygens (including phenoxy) is 2. The van der Waals surface area contributed by atoms with E-state index in [0.29, 0.717) is 26.2 Å². The molecule has 0 amide bonds. The first-order chi connectivity index (χ1) is 14.1. The second-order valence-corrected chi connectivity index (χ2v) is 7.55. The highest BCUT2D eigenvalue weighted by Gasteiger charge is 2.18. The number of methoxy groups -OCH3 is 1. The lowest BCUT2D eigenvalue weighted by atomic mass is 10.2. The maximum absolute atomic E-state index is 13.2. The fourth-order valence-corrected chi connectivity index (χ4v) is 3.66. The van der Waals surface area contributed by atoms with E-state index in [1.165, 1.54) is 12.1 Å². The Morgan fingerprint density at radius 2 is 1.97 bits per heavy atom. The average Bonchev–Trinajstić information content (AvgIpc) is 3.15. The predicted molar refractivity (Wildman–Crippen MR) is 110 cm³/mol. The lowest BCUT2D eigenvalue weighted by Crippen LogP contribution is -2.45. The zero-order valence-electron chi connectivity index (χ0n) is 17.2. The predicted octanol–water partition coefficient (Wildman–Crippen LogP) is 1.82. The van der Waals surface area contributed by atoms with Gasteiger partial charge in [0.15, 0.2) is 0 Å². The van der Waals surface area contributed by atoms with Crippen LogP contribution in [0.15, 0.2) is 42.6 Å². The summed E-state index contributed by atoms with van der Waals surface area (Å²) in [5.74, 6) is -0.221. The molecule has 0 spiro atoms. The van der Waals surface area contributed by atoms with E-state index in [1.807, 2.05) is 24.4 Å². The summed E-state index contributed by atoms with van der Waals surface area (Å²) >= 11 is 0. The van der Waals surface area contributed by atoms with E-state index >= 15 is 0 Å². The van der Waals surface area contributed by atoms with Crippen molar-refractivity contribution in [2.24, 2.45) is 0 Å². The second kappa shape index (κ2) is 11.4. The highest BCUT2D eigenvalue weighted by Crippen LogP contribution is 2.12. The Labute approximate surface area is 172 Å². The van der Waals surface area contributed by atoms with Crippen LogP contribution in [0.2, 0.25) is 0 Å². The average molecular weight is 406 g/mol. The summed E-state index contributed by atoms with van der Waals surface area (Å²) in [7, 11) is 1.69. The summed E-state index contributed by atoms with van der Waals surface area (Å²) < 4.78 is 26.0. The van der Waals surface area contributed by atoms with Crippen molar-refractivity contribution in [3.63, 3.8) is 0 Å². The molecule has 0 saturated carbocycles. The first-order valence-electron chi connectivity index (χ1n) is 10.2. The number of β-amino-alcohol motifs (C(OH)–C–C–N with tert-alkyl or cyclic N) is 1. The lowest BCUT2D eigenvalue weighted by Gasteiger charge is -2.31. The quantitative estimate of drug-likeness (QED) is 0.618. The molecule has 2 aromatic rings. The molecule has 7 heteroatoms. The molecule has 6 nitrogen and oxygen atoms in total. The van der Waals surface area contributed by atoms with Crippen LogP contribution < -0.4 is 0 Å². The molecule has 1 N–H and O–H groups in total. The molecule has 1 aromatic heterocycles. The number of rotatable bonds is 11. The van der Waals surface area contributed by atoms with Gasteiger partial charge in [0.05, 0.1) is 25.9 Å². The third-order valence-corrected chi connectivity index (χ3v) is 5.23. The SMILES string of the molecule is COCCN(Cc1cccn1Cc1ccc(F)cc1)CC(O)CN1CCOCC1. The minimum absolute atomic E-state index is 0.221. The molecule has 29 heavy (non-hydrogen) atoms. The monoisotopic (exact) mass is 405 g/mol. The molecule has 1 atom stereocenters. The van der Waals surface area contributed by atoms with Gasteiger partial charge in [0.1, 0.15) is 5.82 Å². The van der Waals surface area contributed by atoms with Crippen molar-refractivity contribution < 1.29 is 19.0 Å². The molecule has 1 unspecified atom stereocenters. The number of benzene rings is 1. The van der Waals surface area contributed by atoms with Crippen molar-refractivity contribution in [2.75, 3.05) is 59.7 Å². The van der Waals surface area contributed by atoms with E-state index in [-0.39, 0.29) is 5.82 Å². The van der Waals surface area contributed by atoms with Gasteiger partial charge in [0, 0.05) is 64.8 Å². The Morgan fingerprint density at radius 3 is 2.69 bits per heavy atom. The number of hydrogen-bond donors (Lipinski definition) is 1. The molecule has 1 aliphatic rings. The molecule has 1 fully saturated rings. The zero-order valence-corrected chi connectivity index (χ0v) is 17.2. The number of halogens is 1. The summed E-state index contributed by atoms with van der Waals surface area (Å²) in [5.41, 5.74) is 2.21. The zero-order chi connectivity index (χ0) is 20.5. The van der Waals surface area contributed by atoms with Crippen molar-refractivity contribution in [2.45, 2.75) is 19.2 Å². The Bertz CT molecular complexity index is 716. The number of aliphatic hydroxyl groups excluding tert-OH is 1. The number of hydrogen-bond acceptors (Lipinski definition) is 5. The summed E-state index contributed by atoms with van der Waals surface area (Å²) in [6.45, 7) is 7.22. The number of morpholine rings is 1. The summed E-state index contributed by atoms with van der Waals surface area (Å²) in [5, 5.41) is 10.6. The molecule has 0 radical (unpaired) electrons. The van der Waals surface area contributed by atoms with Crippen LogP contribution in [0.1, 0.15) is 11.3 Å². The fraction of sp³-hybridized carbons (Fsp3) is 0.545. The first kappa shape index (κ1) is 21.9. The Hall–Kier alpha value is -1.77. The van der Waals surface area contributed by atoms with Crippen molar-refractivity contribution >= 4 is 0 Å². The highest BCUT2D eigenvalue weighted by molar-refractivity contribution is 5.18. The normalized spacial score (nSPS) is 16.4. The molecular formula is C22H32FN3O3. The fourth-order valence-electron chi connectivity index (χ4n) is 3.66. The Morgan fingerprint density at radius 1 is 1.21 bits per heavy atom. The van der Waals surface area contributed by atoms with Gasteiger partial charge in [-0.2, -0.15) is 0 Å². The van der Waals surface area contributed by atoms with Crippen LogP contribution in [0.25, 0.3) is 0 Å². The highest BCUT2D eigenvalue weighted by atomic mass is 19.1. The van der Waals surface area contributed by atoms with Gasteiger partial charge in [-0.3, -0.25) is 9.80 Å². The van der Waals surface area contributed by atoms with E-state index in [9.17, 15) is 9.50 Å². The number of aliphatic hydroxyl groups is 1. The van der Waals surface area contributed by atoms with Gasteiger partial charge in [0.25, 0.3) is 0 Å². The van der Waals surface area contributed by atoms with Crippen LogP contribution >= 0.6 is 0 Å². The number of aromatic nitrogens is 1. The molecule has 1 aliphatic heterocycles. The van der Waals surface area contributed by atoms with Crippen molar-refractivity contribution in [1.29, 1.82) is 0 Å². The van der Waals surface area contributed by atoms with Crippen molar-refractivity contribution in [3.05, 3.63) is 59.7 Å². The van der Waals surface area contributed by atoms with Gasteiger partial charge >= 0.3 is 0 Å². The van der Waals surface area contributed by atoms with Gasteiger partial charge in [-0.15, -0.1) is 0 Å². The van der Waals surface area contributed by atoms with Crippen LogP contribution in [0, 0.1) is 5.82 Å². The standard InChI is InChI=1S/C22H32FN3O3/c1-28-12-9-25(18-22(27)17-24-10-13-29-14-11-24)16-21-3-2-8-26(21)15-19-4-6-20(23)7-5-19/h2-8,22,27H,9-18H2,1H3. The Balaban J connectivity index is 1.59. The van der Waals surface area contributed by atoms with Gasteiger partial charge in [-0.1, -0.05) is 12.1 Å². The number of nitrogens with zero attached hydrogens (tertiary/aromatic N) is 3. The molecule has 1 saturated heterocycles. The van der Waals surface area contributed by atoms with Crippen molar-refractivity contribution in [1.82, 2.24) is 14.4 Å². The van der Waals surface area contributed by atoms with Crippen LogP contribution in [-0.2, 0) is 22.6 Å². The second-order valence-electron chi connectivity index (χ2n) is 7.55. The Kier molecular flexibility index (Phi) is 8.64. The molecular weight excluding hydrogens is 373 g/mol. The molecule has 1 aromatic carbocycles. The molecule has 160 valence electrons. The van der Waals surface area contributed by atoms with E-state index < -0.39 is 6.10 Å². The smallest absolute Gasteiger partial charge is 0.123 e. The molecule has 2 heterocycles. The molecule has 0 bridgehead atoms. The minimum atomic E-state index is -0.425. The van der Waals surface area contributed by atoms with Gasteiger partial charge in [-0.25, -0.2) is 4.39 Å². The van der Waals surface area contributed by atoms with E-state index in [0.717, 1.165) is 50.7 Å². The largest absolute Gasteiger partial charge is 0.390 e. The van der Waals surface area contributed by atoms with Crippen molar-refractivity contribution in [3.8, 4) is 0 Å². The van der Waals surface area contributed by atoms with E-state index in [1.54, 1.807) is 7.11 Å². The maximum Gasteiger partial charge on any atom is 0.123 e. The third kappa shape index (κ3) is 7.21. The van der Waals surface area contributed by atoms with Crippen LogP contribution in [0.3, 0.4) is 0 Å². The topological polar surface area (TPSA) is 50.1 Å². The maximum atomic E-state index is 13.2. The van der Waals surface area contributed by atoms with Crippen LogP contribution in [0.5, 0.6) is 0 Å². The minimum Gasteiger partial charge on any atom is -0.390 e. The molecule has 0 aliphatic carbocycles. The van der Waals surface area contributed by atoms with E-state index in [4.69, 9.17) is 9.47 Å².